The van der Waals surface area contributed by atoms with Gasteiger partial charge in [0.05, 0.1) is 19.6 Å². The Morgan fingerprint density at radius 3 is 2.56 bits per heavy atom. The summed E-state index contributed by atoms with van der Waals surface area (Å²) in [7, 11) is 1.64. The van der Waals surface area contributed by atoms with Crippen LogP contribution in [0.2, 0.25) is 0 Å². The molecule has 2 aliphatic heterocycles. The maximum Gasteiger partial charge on any atom is 0.309 e. The van der Waals surface area contributed by atoms with E-state index in [1.807, 2.05) is 54.6 Å². The van der Waals surface area contributed by atoms with Gasteiger partial charge in [0.15, 0.2) is 5.60 Å². The Morgan fingerprint density at radius 2 is 1.88 bits per heavy atom. The highest BCUT2D eigenvalue weighted by Gasteiger charge is 2.58. The van der Waals surface area contributed by atoms with Gasteiger partial charge in [0.2, 0.25) is 0 Å². The van der Waals surface area contributed by atoms with Crippen LogP contribution in [-0.2, 0) is 14.3 Å². The standard InChI is InChI=1S/C21H20O4/c1-14(15-6-4-3-5-7-15)21-13-18(24-19(21)12-20(22)25-21)16-8-10-17(23-2)11-9-16/h3-11,18-19H,1,12-13H2,2H3/t18?,19?,21-/m1/s1. The van der Waals surface area contributed by atoms with E-state index < -0.39 is 5.60 Å². The van der Waals surface area contributed by atoms with Crippen molar-refractivity contribution < 1.29 is 19.0 Å². The Labute approximate surface area is 147 Å². The van der Waals surface area contributed by atoms with Gasteiger partial charge in [-0.3, -0.25) is 4.79 Å². The van der Waals surface area contributed by atoms with E-state index in [1.54, 1.807) is 7.11 Å². The average molecular weight is 336 g/mol. The zero-order valence-electron chi connectivity index (χ0n) is 14.1. The van der Waals surface area contributed by atoms with Crippen molar-refractivity contribution in [1.82, 2.24) is 0 Å². The minimum absolute atomic E-state index is 0.135. The predicted molar refractivity (Wildman–Crippen MR) is 94.1 cm³/mol. The Morgan fingerprint density at radius 1 is 1.16 bits per heavy atom. The van der Waals surface area contributed by atoms with E-state index in [1.165, 1.54) is 0 Å². The van der Waals surface area contributed by atoms with Crippen molar-refractivity contribution in [2.24, 2.45) is 0 Å². The van der Waals surface area contributed by atoms with Gasteiger partial charge in [-0.2, -0.15) is 0 Å². The average Bonchev–Trinajstić information content (AvgIpc) is 3.15. The second-order valence-electron chi connectivity index (χ2n) is 6.50. The first-order valence-corrected chi connectivity index (χ1v) is 8.38. The molecule has 0 amide bonds. The molecule has 0 radical (unpaired) electrons. The molecule has 0 aliphatic carbocycles. The molecule has 0 N–H and O–H groups in total. The van der Waals surface area contributed by atoms with Crippen molar-refractivity contribution in [2.75, 3.05) is 7.11 Å². The van der Waals surface area contributed by atoms with Crippen LogP contribution in [-0.4, -0.2) is 24.8 Å². The van der Waals surface area contributed by atoms with Crippen LogP contribution in [0.1, 0.15) is 30.1 Å². The fourth-order valence-electron chi connectivity index (χ4n) is 3.76. The van der Waals surface area contributed by atoms with Crippen LogP contribution in [0.4, 0.5) is 0 Å². The molecule has 0 spiro atoms. The lowest BCUT2D eigenvalue weighted by atomic mass is 9.82. The van der Waals surface area contributed by atoms with Crippen LogP contribution in [0.3, 0.4) is 0 Å². The molecule has 2 aliphatic rings. The van der Waals surface area contributed by atoms with Crippen molar-refractivity contribution >= 4 is 11.5 Å². The molecule has 128 valence electrons. The molecule has 2 heterocycles. The lowest BCUT2D eigenvalue weighted by Gasteiger charge is -2.28. The van der Waals surface area contributed by atoms with E-state index in [9.17, 15) is 4.79 Å². The Bertz CT molecular complexity index is 796. The summed E-state index contributed by atoms with van der Waals surface area (Å²) in [6.07, 6.45) is 0.395. The van der Waals surface area contributed by atoms with Crippen molar-refractivity contribution in [2.45, 2.75) is 30.7 Å². The van der Waals surface area contributed by atoms with Gasteiger partial charge in [0.1, 0.15) is 11.9 Å². The third kappa shape index (κ3) is 2.63. The molecule has 25 heavy (non-hydrogen) atoms. The number of esters is 1. The van der Waals surface area contributed by atoms with Crippen LogP contribution in [0, 0.1) is 0 Å². The summed E-state index contributed by atoms with van der Waals surface area (Å²) in [5, 5.41) is 0. The van der Waals surface area contributed by atoms with Gasteiger partial charge < -0.3 is 14.2 Å². The van der Waals surface area contributed by atoms with Crippen molar-refractivity contribution in [3.63, 3.8) is 0 Å². The minimum atomic E-state index is -0.789. The van der Waals surface area contributed by atoms with Crippen LogP contribution in [0.5, 0.6) is 5.75 Å². The zero-order chi connectivity index (χ0) is 17.4. The van der Waals surface area contributed by atoms with Crippen molar-refractivity contribution in [3.05, 3.63) is 72.3 Å². The highest BCUT2D eigenvalue weighted by molar-refractivity contribution is 5.82. The van der Waals surface area contributed by atoms with E-state index in [4.69, 9.17) is 14.2 Å². The quantitative estimate of drug-likeness (QED) is 0.794. The number of hydrogen-bond acceptors (Lipinski definition) is 4. The monoisotopic (exact) mass is 336 g/mol. The van der Waals surface area contributed by atoms with Gasteiger partial charge in [0.25, 0.3) is 0 Å². The zero-order valence-corrected chi connectivity index (χ0v) is 14.1. The molecule has 3 atom stereocenters. The SMILES string of the molecule is C=C(c1ccccc1)[C@]12CC(c3ccc(OC)cc3)OC1CC(=O)O2. The largest absolute Gasteiger partial charge is 0.497 e. The molecule has 0 aromatic heterocycles. The number of rotatable bonds is 4. The van der Waals surface area contributed by atoms with E-state index >= 15 is 0 Å². The molecule has 2 fully saturated rings. The van der Waals surface area contributed by atoms with Crippen molar-refractivity contribution in [1.29, 1.82) is 0 Å². The maximum absolute atomic E-state index is 12.0. The second-order valence-corrected chi connectivity index (χ2v) is 6.50. The summed E-state index contributed by atoms with van der Waals surface area (Å²) < 4.78 is 17.2. The fourth-order valence-corrected chi connectivity index (χ4v) is 3.76. The normalized spacial score (nSPS) is 27.6. The minimum Gasteiger partial charge on any atom is -0.497 e. The molecule has 4 rings (SSSR count). The van der Waals surface area contributed by atoms with Crippen LogP contribution in [0.25, 0.3) is 5.57 Å². The van der Waals surface area contributed by atoms with Gasteiger partial charge in [0, 0.05) is 6.42 Å². The van der Waals surface area contributed by atoms with Crippen molar-refractivity contribution in [3.8, 4) is 5.75 Å². The third-order valence-electron chi connectivity index (χ3n) is 5.11. The highest BCUT2D eigenvalue weighted by Crippen LogP contribution is 2.52. The molecule has 2 aromatic rings. The van der Waals surface area contributed by atoms with E-state index in [0.717, 1.165) is 22.4 Å². The highest BCUT2D eigenvalue weighted by atomic mass is 16.6. The molecular weight excluding hydrogens is 316 g/mol. The lowest BCUT2D eigenvalue weighted by molar-refractivity contribution is -0.144. The molecule has 4 heteroatoms. The number of carbonyl (C=O) groups is 1. The number of methoxy groups -OCH3 is 1. The number of ether oxygens (including phenoxy) is 3. The number of benzene rings is 2. The third-order valence-corrected chi connectivity index (χ3v) is 5.11. The first-order valence-electron chi connectivity index (χ1n) is 8.38. The van der Waals surface area contributed by atoms with Gasteiger partial charge in [-0.1, -0.05) is 49.0 Å². The van der Waals surface area contributed by atoms with Gasteiger partial charge >= 0.3 is 5.97 Å². The smallest absolute Gasteiger partial charge is 0.309 e. The van der Waals surface area contributed by atoms with E-state index in [0.29, 0.717) is 6.42 Å². The van der Waals surface area contributed by atoms with Crippen LogP contribution < -0.4 is 4.74 Å². The summed E-state index contributed by atoms with van der Waals surface area (Å²) in [6.45, 7) is 4.25. The van der Waals surface area contributed by atoms with Gasteiger partial charge in [-0.15, -0.1) is 0 Å². The van der Waals surface area contributed by atoms with E-state index in [-0.39, 0.29) is 24.6 Å². The number of fused-ring (bicyclic) bond motifs is 1. The fraction of sp³-hybridized carbons (Fsp3) is 0.286. The molecular formula is C21H20O4. The molecule has 2 aromatic carbocycles. The van der Waals surface area contributed by atoms with Gasteiger partial charge in [-0.25, -0.2) is 0 Å². The molecule has 0 saturated carbocycles. The molecule has 2 saturated heterocycles. The summed E-state index contributed by atoms with van der Waals surface area (Å²) in [5.74, 6) is 0.576. The molecule has 2 unspecified atom stereocenters. The summed E-state index contributed by atoms with van der Waals surface area (Å²) in [4.78, 5) is 12.0. The van der Waals surface area contributed by atoms with E-state index in [2.05, 4.69) is 6.58 Å². The first kappa shape index (κ1) is 15.9. The Kier molecular flexibility index (Phi) is 3.85. The van der Waals surface area contributed by atoms with Crippen LogP contribution in [0.15, 0.2) is 61.2 Å². The van der Waals surface area contributed by atoms with Crippen LogP contribution >= 0.6 is 0 Å². The topological polar surface area (TPSA) is 44.8 Å². The summed E-state index contributed by atoms with van der Waals surface area (Å²) >= 11 is 0. The van der Waals surface area contributed by atoms with Gasteiger partial charge in [-0.05, 0) is 28.8 Å². The summed E-state index contributed by atoms with van der Waals surface area (Å²) in [6, 6.07) is 17.7. The predicted octanol–water partition coefficient (Wildman–Crippen LogP) is 3.92. The maximum atomic E-state index is 12.0. The summed E-state index contributed by atoms with van der Waals surface area (Å²) in [5.41, 5.74) is 2.04. The number of carbonyl (C=O) groups excluding carboxylic acids is 1. The molecule has 0 bridgehead atoms. The second kappa shape index (κ2) is 6.05. The molecule has 4 nitrogen and oxygen atoms in total. The number of hydrogen-bond donors (Lipinski definition) is 0. The first-order chi connectivity index (χ1) is 12.1. The lowest BCUT2D eigenvalue weighted by Crippen LogP contribution is -2.36. The Hall–Kier alpha value is -2.59. The Balaban J connectivity index is 1.65.